The summed E-state index contributed by atoms with van der Waals surface area (Å²) in [7, 11) is 0. The monoisotopic (exact) mass is 517 g/mol. The summed E-state index contributed by atoms with van der Waals surface area (Å²) < 4.78 is 22.5. The maximum Gasteiger partial charge on any atom is 0.287 e. The fourth-order valence-corrected chi connectivity index (χ4v) is 4.22. The van der Waals surface area contributed by atoms with E-state index in [2.05, 4.69) is 20.1 Å². The van der Waals surface area contributed by atoms with Crippen molar-refractivity contribution in [2.75, 3.05) is 5.32 Å². The van der Waals surface area contributed by atoms with Crippen molar-refractivity contribution in [2.45, 2.75) is 33.9 Å². The minimum absolute atomic E-state index is 0.0913. The van der Waals surface area contributed by atoms with Crippen LogP contribution in [0.3, 0.4) is 0 Å². The van der Waals surface area contributed by atoms with Crippen LogP contribution in [-0.4, -0.2) is 31.2 Å². The second kappa shape index (κ2) is 9.59. The molecule has 4 aromatic rings. The number of carbonyl (C=O) groups excluding carboxylic acids is 2. The van der Waals surface area contributed by atoms with E-state index in [1.54, 1.807) is 26.8 Å². The van der Waals surface area contributed by atoms with Crippen molar-refractivity contribution in [3.05, 3.63) is 73.9 Å². The first kappa shape index (κ1) is 24.6. The number of hydrogen-bond donors (Lipinski definition) is 1. The molecule has 0 aliphatic carbocycles. The number of ketones is 1. The quantitative estimate of drug-likeness (QED) is 0.352. The average Bonchev–Trinajstić information content (AvgIpc) is 3.55. The zero-order valence-corrected chi connectivity index (χ0v) is 20.6. The van der Waals surface area contributed by atoms with E-state index in [0.717, 1.165) is 15.7 Å². The van der Waals surface area contributed by atoms with E-state index < -0.39 is 22.6 Å². The Labute approximate surface area is 208 Å². The van der Waals surface area contributed by atoms with Gasteiger partial charge in [-0.2, -0.15) is 9.78 Å². The van der Waals surface area contributed by atoms with Gasteiger partial charge in [0.15, 0.2) is 11.6 Å². The summed E-state index contributed by atoms with van der Waals surface area (Å²) in [5.41, 5.74) is -1.58. The SMILES string of the molecule is CC(C)(C)C(=O)n1nc(-c2ccn(CC(=O)c3cnoc3)c(=O)c2F)cc1NCc1ccc(Cl)s1. The number of thiophene rings is 1. The number of nitrogens with one attached hydrogen (secondary N) is 1. The third-order valence-electron chi connectivity index (χ3n) is 5.07. The van der Waals surface area contributed by atoms with E-state index in [-0.39, 0.29) is 29.3 Å². The first-order valence-electron chi connectivity index (χ1n) is 10.5. The van der Waals surface area contributed by atoms with Crippen molar-refractivity contribution in [1.82, 2.24) is 19.5 Å². The number of Topliss-reactive ketones (excluding diaryl/α,β-unsaturated/α-hetero) is 1. The van der Waals surface area contributed by atoms with Crippen molar-refractivity contribution in [3.8, 4) is 11.3 Å². The molecule has 0 fully saturated rings. The van der Waals surface area contributed by atoms with Gasteiger partial charge in [0, 0.05) is 28.1 Å². The second-order valence-corrected chi connectivity index (χ2v) is 10.6. The lowest BCUT2D eigenvalue weighted by Gasteiger charge is -2.18. The van der Waals surface area contributed by atoms with Gasteiger partial charge in [0.2, 0.25) is 0 Å². The molecule has 0 saturated carbocycles. The number of nitrogens with zero attached hydrogens (tertiary/aromatic N) is 4. The Morgan fingerprint density at radius 3 is 2.66 bits per heavy atom. The number of aromatic nitrogens is 4. The van der Waals surface area contributed by atoms with Crippen LogP contribution in [0.2, 0.25) is 4.34 Å². The molecule has 9 nitrogen and oxygen atoms in total. The van der Waals surface area contributed by atoms with Gasteiger partial charge in [0.1, 0.15) is 12.1 Å². The van der Waals surface area contributed by atoms with Crippen LogP contribution in [0.1, 0.15) is 40.8 Å². The molecule has 1 N–H and O–H groups in total. The molecule has 4 aromatic heterocycles. The van der Waals surface area contributed by atoms with Crippen LogP contribution >= 0.6 is 22.9 Å². The van der Waals surface area contributed by atoms with Crippen LogP contribution in [0.15, 0.2) is 52.2 Å². The molecule has 0 spiro atoms. The minimum Gasteiger partial charge on any atom is -0.365 e. The van der Waals surface area contributed by atoms with E-state index in [1.807, 2.05) is 6.07 Å². The Morgan fingerprint density at radius 1 is 1.26 bits per heavy atom. The molecule has 4 heterocycles. The molecule has 0 saturated heterocycles. The van der Waals surface area contributed by atoms with E-state index >= 15 is 4.39 Å². The van der Waals surface area contributed by atoms with Crippen LogP contribution in [0.5, 0.6) is 0 Å². The summed E-state index contributed by atoms with van der Waals surface area (Å²) in [5.74, 6) is -1.52. The Kier molecular flexibility index (Phi) is 6.73. The van der Waals surface area contributed by atoms with Crippen LogP contribution in [0.4, 0.5) is 10.2 Å². The van der Waals surface area contributed by atoms with Gasteiger partial charge in [0.25, 0.3) is 11.5 Å². The van der Waals surface area contributed by atoms with Crippen LogP contribution in [0, 0.1) is 11.2 Å². The first-order chi connectivity index (χ1) is 16.5. The smallest absolute Gasteiger partial charge is 0.287 e. The van der Waals surface area contributed by atoms with Crippen LogP contribution in [0.25, 0.3) is 11.3 Å². The highest BCUT2D eigenvalue weighted by Gasteiger charge is 2.28. The number of rotatable bonds is 7. The molecule has 0 radical (unpaired) electrons. The maximum atomic E-state index is 15.1. The fourth-order valence-electron chi connectivity index (χ4n) is 3.19. The standard InChI is InChI=1S/C23H21ClFN5O4S/c1-23(2,3)22(33)30-19(26-10-14-4-5-18(24)35-14)8-16(28-30)15-6-7-29(21(32)20(15)25)11-17(31)13-9-27-34-12-13/h4-9,12,26H,10-11H2,1-3H3. The van der Waals surface area contributed by atoms with Gasteiger partial charge in [-0.05, 0) is 18.2 Å². The van der Waals surface area contributed by atoms with Crippen LogP contribution in [-0.2, 0) is 13.1 Å². The summed E-state index contributed by atoms with van der Waals surface area (Å²) >= 11 is 7.38. The molecule has 0 aliphatic heterocycles. The highest BCUT2D eigenvalue weighted by Crippen LogP contribution is 2.28. The molecule has 182 valence electrons. The third-order valence-corrected chi connectivity index (χ3v) is 6.30. The van der Waals surface area contributed by atoms with Crippen molar-refractivity contribution in [1.29, 1.82) is 0 Å². The molecule has 0 amide bonds. The van der Waals surface area contributed by atoms with Gasteiger partial charge in [-0.3, -0.25) is 14.4 Å². The molecular formula is C23H21ClFN5O4S. The Morgan fingerprint density at radius 2 is 2.03 bits per heavy atom. The van der Waals surface area contributed by atoms with E-state index in [4.69, 9.17) is 11.6 Å². The number of pyridine rings is 1. The molecule has 0 atom stereocenters. The molecule has 12 heteroatoms. The van der Waals surface area contributed by atoms with Gasteiger partial charge in [-0.15, -0.1) is 11.3 Å². The molecule has 0 unspecified atom stereocenters. The highest BCUT2D eigenvalue weighted by atomic mass is 35.5. The van der Waals surface area contributed by atoms with Crippen molar-refractivity contribution in [3.63, 3.8) is 0 Å². The minimum atomic E-state index is -1.09. The van der Waals surface area contributed by atoms with Crippen molar-refractivity contribution >= 4 is 40.4 Å². The van der Waals surface area contributed by atoms with E-state index in [0.29, 0.717) is 16.7 Å². The zero-order chi connectivity index (χ0) is 25.3. The van der Waals surface area contributed by atoms with Crippen molar-refractivity contribution in [2.24, 2.45) is 5.41 Å². The predicted molar refractivity (Wildman–Crippen MR) is 129 cm³/mol. The lowest BCUT2D eigenvalue weighted by Crippen LogP contribution is -2.29. The van der Waals surface area contributed by atoms with Gasteiger partial charge >= 0.3 is 0 Å². The normalized spacial score (nSPS) is 11.6. The maximum absolute atomic E-state index is 15.1. The highest BCUT2D eigenvalue weighted by molar-refractivity contribution is 7.16. The average molecular weight is 518 g/mol. The van der Waals surface area contributed by atoms with Gasteiger partial charge in [0.05, 0.1) is 34.9 Å². The summed E-state index contributed by atoms with van der Waals surface area (Å²) in [6, 6.07) is 6.47. The zero-order valence-electron chi connectivity index (χ0n) is 19.0. The number of anilines is 1. The molecule has 0 aromatic carbocycles. The summed E-state index contributed by atoms with van der Waals surface area (Å²) in [6.07, 6.45) is 3.67. The van der Waals surface area contributed by atoms with Gasteiger partial charge in [-0.25, -0.2) is 4.39 Å². The van der Waals surface area contributed by atoms with Crippen molar-refractivity contribution < 1.29 is 18.5 Å². The van der Waals surface area contributed by atoms with E-state index in [9.17, 15) is 14.4 Å². The third kappa shape index (κ3) is 5.25. The lowest BCUT2D eigenvalue weighted by atomic mass is 9.96. The number of hydrogen-bond acceptors (Lipinski definition) is 8. The topological polar surface area (TPSA) is 112 Å². The second-order valence-electron chi connectivity index (χ2n) is 8.75. The Bertz CT molecular complexity index is 1450. The number of carbonyl (C=O) groups is 2. The molecule has 0 bridgehead atoms. The summed E-state index contributed by atoms with van der Waals surface area (Å²) in [5, 5.41) is 10.9. The van der Waals surface area contributed by atoms with Gasteiger partial charge < -0.3 is 14.4 Å². The Hall–Kier alpha value is -3.57. The van der Waals surface area contributed by atoms with Gasteiger partial charge in [-0.1, -0.05) is 37.5 Å². The predicted octanol–water partition coefficient (Wildman–Crippen LogP) is 4.74. The molecule has 4 rings (SSSR count). The summed E-state index contributed by atoms with van der Waals surface area (Å²) in [6.45, 7) is 5.22. The Balaban J connectivity index is 1.67. The molecular weight excluding hydrogens is 497 g/mol. The fraction of sp³-hybridized carbons (Fsp3) is 0.261. The summed E-state index contributed by atoms with van der Waals surface area (Å²) in [4.78, 5) is 38.8. The van der Waals surface area contributed by atoms with E-state index in [1.165, 1.54) is 40.5 Å². The largest absolute Gasteiger partial charge is 0.365 e. The number of halogens is 2. The molecule has 35 heavy (non-hydrogen) atoms. The lowest BCUT2D eigenvalue weighted by molar-refractivity contribution is 0.0752. The van der Waals surface area contributed by atoms with Crippen LogP contribution < -0.4 is 10.9 Å². The molecule has 0 aliphatic rings. The first-order valence-corrected chi connectivity index (χ1v) is 11.7.